The second-order valence-electron chi connectivity index (χ2n) is 1.49. The van der Waals surface area contributed by atoms with Gasteiger partial charge >= 0.3 is 29.6 Å². The zero-order valence-corrected chi connectivity index (χ0v) is 11.3. The monoisotopic (exact) mass is 292 g/mol. The molecule has 0 aliphatic heterocycles. The summed E-state index contributed by atoms with van der Waals surface area (Å²) in [6, 6.07) is 1.84. The van der Waals surface area contributed by atoms with E-state index in [2.05, 4.69) is 31.9 Å². The van der Waals surface area contributed by atoms with Crippen molar-refractivity contribution >= 4 is 43.2 Å². The number of hydrogen-bond acceptors (Lipinski definition) is 2. The molecule has 0 unspecified atom stereocenters. The Balaban J connectivity index is 0.000000810. The van der Waals surface area contributed by atoms with E-state index in [9.17, 15) is 5.11 Å². The summed E-state index contributed by atoms with van der Waals surface area (Å²) in [7, 11) is 0. The van der Waals surface area contributed by atoms with E-state index in [1.807, 2.05) is 6.07 Å². The molecule has 0 aliphatic carbocycles. The normalized spacial score (nSPS) is 9.10. The minimum absolute atomic E-state index is 0. The van der Waals surface area contributed by atoms with Crippen LogP contribution in [0, 0.1) is 0 Å². The topological polar surface area (TPSA) is 23.1 Å². The third-order valence-electron chi connectivity index (χ3n) is 0.883. The van der Waals surface area contributed by atoms with E-state index in [-0.39, 0.29) is 36.2 Å². The van der Waals surface area contributed by atoms with E-state index in [0.717, 1.165) is 13.1 Å². The average molecular weight is 294 g/mol. The molecule has 0 radical (unpaired) electrons. The summed E-state index contributed by atoms with van der Waals surface area (Å²) >= 11 is 8.07. The first-order valence-corrected chi connectivity index (χ1v) is 4.66. The summed E-state index contributed by atoms with van der Waals surface area (Å²) in [4.78, 5) is 0. The van der Waals surface area contributed by atoms with Gasteiger partial charge in [-0.05, 0) is 43.5 Å². The maximum Gasteiger partial charge on any atom is 1.00 e. The van der Waals surface area contributed by atoms with Crippen LogP contribution in [0.25, 0.3) is 0 Å². The first-order valence-electron chi connectivity index (χ1n) is 2.26. The molecule has 10 heavy (non-hydrogen) atoms. The molecule has 5 heteroatoms. The van der Waals surface area contributed by atoms with Crippen LogP contribution < -0.4 is 34.7 Å². The molecule has 50 valence electrons. The van der Waals surface area contributed by atoms with E-state index in [1.165, 1.54) is 11.3 Å². The molecular formula is C5H3Br2NaOS. The molecule has 0 atom stereocenters. The van der Waals surface area contributed by atoms with Crippen molar-refractivity contribution in [2.75, 3.05) is 0 Å². The molecule has 1 aromatic heterocycles. The molecule has 0 spiro atoms. The van der Waals surface area contributed by atoms with E-state index >= 15 is 0 Å². The van der Waals surface area contributed by atoms with E-state index in [0.29, 0.717) is 0 Å². The van der Waals surface area contributed by atoms with Gasteiger partial charge in [0, 0.05) is 0 Å². The fourth-order valence-corrected chi connectivity index (χ4v) is 3.26. The second kappa shape index (κ2) is 5.30. The van der Waals surface area contributed by atoms with Gasteiger partial charge in [-0.15, -0.1) is 17.9 Å². The Morgan fingerprint density at radius 1 is 1.50 bits per heavy atom. The molecule has 0 aliphatic rings. The summed E-state index contributed by atoms with van der Waals surface area (Å²) in [5.41, 5.74) is 0.826. The molecular weight excluding hydrogens is 291 g/mol. The maximum absolute atomic E-state index is 10.3. The van der Waals surface area contributed by atoms with Crippen LogP contribution in [-0.2, 0) is 6.61 Å². The number of rotatable bonds is 1. The van der Waals surface area contributed by atoms with Crippen molar-refractivity contribution in [1.29, 1.82) is 0 Å². The molecule has 0 saturated carbocycles. The van der Waals surface area contributed by atoms with Gasteiger partial charge in [-0.3, -0.25) is 0 Å². The predicted molar refractivity (Wildman–Crippen MR) is 43.4 cm³/mol. The molecule has 1 aromatic rings. The molecule has 0 amide bonds. The largest absolute Gasteiger partial charge is 1.00 e. The van der Waals surface area contributed by atoms with Gasteiger partial charge in [0.15, 0.2) is 0 Å². The van der Waals surface area contributed by atoms with Crippen LogP contribution in [0.15, 0.2) is 13.6 Å². The van der Waals surface area contributed by atoms with Gasteiger partial charge in [0.05, 0.1) is 7.57 Å². The molecule has 1 nitrogen and oxygen atoms in total. The molecule has 0 aromatic carbocycles. The number of halogens is 2. The van der Waals surface area contributed by atoms with Crippen molar-refractivity contribution in [1.82, 2.24) is 0 Å². The Bertz CT molecular complexity index is 213. The fraction of sp³-hybridized carbons (Fsp3) is 0.200. The van der Waals surface area contributed by atoms with Gasteiger partial charge < -0.3 is 5.11 Å². The SMILES string of the molecule is [Na+].[O-]Cc1cc(Br)sc1Br. The summed E-state index contributed by atoms with van der Waals surface area (Å²) < 4.78 is 1.93. The second-order valence-corrected chi connectivity index (χ2v) is 5.24. The third-order valence-corrected chi connectivity index (χ3v) is 3.35. The smallest absolute Gasteiger partial charge is 0.851 e. The first-order chi connectivity index (χ1) is 4.24. The molecule has 0 bridgehead atoms. The van der Waals surface area contributed by atoms with Gasteiger partial charge in [-0.25, -0.2) is 0 Å². The van der Waals surface area contributed by atoms with Gasteiger partial charge in [-0.2, -0.15) is 0 Å². The quantitative estimate of drug-likeness (QED) is 0.618. The maximum atomic E-state index is 10.3. The van der Waals surface area contributed by atoms with Crippen molar-refractivity contribution in [3.8, 4) is 0 Å². The van der Waals surface area contributed by atoms with Crippen molar-refractivity contribution in [2.24, 2.45) is 0 Å². The summed E-state index contributed by atoms with van der Waals surface area (Å²) in [6.07, 6.45) is 0. The first kappa shape index (κ1) is 11.6. The fourth-order valence-electron chi connectivity index (χ4n) is 0.473. The Labute approximate surface area is 102 Å². The minimum Gasteiger partial charge on any atom is -0.851 e. The van der Waals surface area contributed by atoms with Crippen LogP contribution in [0.1, 0.15) is 5.56 Å². The van der Waals surface area contributed by atoms with Crippen molar-refractivity contribution in [2.45, 2.75) is 6.61 Å². The number of hydrogen-bond donors (Lipinski definition) is 0. The van der Waals surface area contributed by atoms with Gasteiger partial charge in [-0.1, -0.05) is 0 Å². The predicted octanol–water partition coefficient (Wildman–Crippen LogP) is -0.863. The van der Waals surface area contributed by atoms with Gasteiger partial charge in [0.1, 0.15) is 0 Å². The van der Waals surface area contributed by atoms with Crippen molar-refractivity contribution in [3.05, 3.63) is 19.2 Å². The number of thiophene rings is 1. The van der Waals surface area contributed by atoms with E-state index < -0.39 is 0 Å². The van der Waals surface area contributed by atoms with E-state index in [4.69, 9.17) is 0 Å². The molecule has 0 N–H and O–H groups in total. The van der Waals surface area contributed by atoms with Crippen molar-refractivity contribution < 1.29 is 34.7 Å². The van der Waals surface area contributed by atoms with Crippen molar-refractivity contribution in [3.63, 3.8) is 0 Å². The van der Waals surface area contributed by atoms with Crippen LogP contribution in [0.5, 0.6) is 0 Å². The summed E-state index contributed by atoms with van der Waals surface area (Å²) in [6.45, 7) is -0.150. The van der Waals surface area contributed by atoms with Crippen LogP contribution in [0.2, 0.25) is 0 Å². The minimum atomic E-state index is -0.150. The summed E-state index contributed by atoms with van der Waals surface area (Å²) in [5, 5.41) is 10.3. The van der Waals surface area contributed by atoms with Gasteiger partial charge in [0.25, 0.3) is 0 Å². The Kier molecular flexibility index (Phi) is 6.16. The molecule has 0 fully saturated rings. The molecule has 1 heterocycles. The Morgan fingerprint density at radius 2 is 2.10 bits per heavy atom. The van der Waals surface area contributed by atoms with Crippen LogP contribution in [0.4, 0.5) is 0 Å². The Hall–Kier alpha value is 1.62. The molecule has 1 rings (SSSR count). The standard InChI is InChI=1S/C5H3Br2OS.Na/c6-4-1-3(2-8)5(7)9-4;/h1H,2H2;/q-1;+1. The zero-order chi connectivity index (χ0) is 6.85. The van der Waals surface area contributed by atoms with Gasteiger partial charge in [0.2, 0.25) is 0 Å². The zero-order valence-electron chi connectivity index (χ0n) is 5.36. The average Bonchev–Trinajstić information content (AvgIpc) is 2.10. The van der Waals surface area contributed by atoms with Crippen LogP contribution >= 0.6 is 43.2 Å². The third kappa shape index (κ3) is 2.93. The van der Waals surface area contributed by atoms with E-state index in [1.54, 1.807) is 0 Å². The van der Waals surface area contributed by atoms with Crippen LogP contribution in [-0.4, -0.2) is 0 Å². The van der Waals surface area contributed by atoms with Crippen LogP contribution in [0.3, 0.4) is 0 Å². The molecule has 0 saturated heterocycles. The summed E-state index contributed by atoms with van der Waals surface area (Å²) in [5.74, 6) is 0. The Morgan fingerprint density at radius 3 is 2.30 bits per heavy atom.